The van der Waals surface area contributed by atoms with Crippen molar-refractivity contribution in [3.05, 3.63) is 12.7 Å². The average molecular weight is 237 g/mol. The fourth-order valence-corrected chi connectivity index (χ4v) is 3.56. The van der Waals surface area contributed by atoms with Crippen molar-refractivity contribution in [2.75, 3.05) is 0 Å². The number of fused-ring (bicyclic) bond motifs is 2. The molecule has 0 amide bonds. The monoisotopic (exact) mass is 237 g/mol. The lowest BCUT2D eigenvalue weighted by atomic mass is 9.75. The summed E-state index contributed by atoms with van der Waals surface area (Å²) >= 11 is 0. The van der Waals surface area contributed by atoms with Crippen LogP contribution in [0.25, 0.3) is 0 Å². The molecule has 17 heavy (non-hydrogen) atoms. The highest BCUT2D eigenvalue weighted by atomic mass is 16.3. The molecule has 0 radical (unpaired) electrons. The minimum Gasteiger partial charge on any atom is -0.390 e. The van der Waals surface area contributed by atoms with Gasteiger partial charge in [0.2, 0.25) is 0 Å². The summed E-state index contributed by atoms with van der Waals surface area (Å²) in [6.07, 6.45) is 13.6. The smallest absolute Gasteiger partial charge is 0.0677 e. The van der Waals surface area contributed by atoms with Gasteiger partial charge in [-0.05, 0) is 44.9 Å². The van der Waals surface area contributed by atoms with Gasteiger partial charge in [0.05, 0.1) is 5.60 Å². The van der Waals surface area contributed by atoms with Gasteiger partial charge in [0, 0.05) is 12.1 Å². The summed E-state index contributed by atoms with van der Waals surface area (Å²) in [5.41, 5.74) is -0.366. The summed E-state index contributed by atoms with van der Waals surface area (Å²) in [4.78, 5) is 0. The lowest BCUT2D eigenvalue weighted by molar-refractivity contribution is -0.0387. The Labute approximate surface area is 105 Å². The summed E-state index contributed by atoms with van der Waals surface area (Å²) in [5.74, 6) is 0. The highest BCUT2D eigenvalue weighted by Crippen LogP contribution is 2.35. The fourth-order valence-electron chi connectivity index (χ4n) is 3.56. The van der Waals surface area contributed by atoms with E-state index in [-0.39, 0.29) is 5.60 Å². The fraction of sp³-hybridized carbons (Fsp3) is 0.867. The van der Waals surface area contributed by atoms with Crippen LogP contribution in [0.2, 0.25) is 0 Å². The maximum atomic E-state index is 10.7. The topological polar surface area (TPSA) is 32.3 Å². The van der Waals surface area contributed by atoms with Crippen molar-refractivity contribution >= 4 is 0 Å². The molecule has 2 unspecified atom stereocenters. The van der Waals surface area contributed by atoms with Crippen LogP contribution in [-0.4, -0.2) is 22.8 Å². The van der Waals surface area contributed by atoms with Crippen molar-refractivity contribution < 1.29 is 5.11 Å². The van der Waals surface area contributed by atoms with Crippen LogP contribution in [0.5, 0.6) is 0 Å². The van der Waals surface area contributed by atoms with Crippen LogP contribution in [0, 0.1) is 0 Å². The maximum Gasteiger partial charge on any atom is 0.0677 e. The second kappa shape index (κ2) is 6.01. The first-order valence-electron chi connectivity index (χ1n) is 7.31. The van der Waals surface area contributed by atoms with Crippen molar-refractivity contribution in [2.45, 2.75) is 81.9 Å². The van der Waals surface area contributed by atoms with Gasteiger partial charge in [0.25, 0.3) is 0 Å². The third kappa shape index (κ3) is 3.82. The first kappa shape index (κ1) is 13.1. The highest BCUT2D eigenvalue weighted by Gasteiger charge is 2.39. The standard InChI is InChI=1S/C15H27NO/c1-2-3-4-5-6-10-15(17)11-13-8-7-9-14(12-15)16-13/h2,13-14,16-17H,1,3-12H2. The van der Waals surface area contributed by atoms with Crippen molar-refractivity contribution in [2.24, 2.45) is 0 Å². The van der Waals surface area contributed by atoms with Crippen LogP contribution >= 0.6 is 0 Å². The van der Waals surface area contributed by atoms with E-state index in [1.165, 1.54) is 38.5 Å². The van der Waals surface area contributed by atoms with Crippen LogP contribution in [0.4, 0.5) is 0 Å². The number of nitrogens with one attached hydrogen (secondary N) is 1. The largest absolute Gasteiger partial charge is 0.390 e. The third-order valence-corrected chi connectivity index (χ3v) is 4.38. The minimum absolute atomic E-state index is 0.366. The van der Waals surface area contributed by atoms with E-state index in [9.17, 15) is 5.11 Å². The van der Waals surface area contributed by atoms with E-state index in [1.54, 1.807) is 0 Å². The average Bonchev–Trinajstić information content (AvgIpc) is 2.28. The zero-order valence-corrected chi connectivity index (χ0v) is 11.0. The summed E-state index contributed by atoms with van der Waals surface area (Å²) in [6, 6.07) is 1.17. The van der Waals surface area contributed by atoms with Gasteiger partial charge >= 0.3 is 0 Å². The van der Waals surface area contributed by atoms with E-state index in [0.29, 0.717) is 12.1 Å². The molecule has 98 valence electrons. The number of hydrogen-bond acceptors (Lipinski definition) is 2. The molecule has 2 aliphatic heterocycles. The Morgan fingerprint density at radius 2 is 1.88 bits per heavy atom. The number of aliphatic hydroxyl groups is 1. The van der Waals surface area contributed by atoms with Gasteiger partial charge in [-0.2, -0.15) is 0 Å². The Balaban J connectivity index is 1.72. The molecule has 2 heterocycles. The van der Waals surface area contributed by atoms with E-state index in [1.807, 2.05) is 6.08 Å². The molecule has 0 saturated carbocycles. The van der Waals surface area contributed by atoms with Crippen LogP contribution in [-0.2, 0) is 0 Å². The van der Waals surface area contributed by atoms with Gasteiger partial charge in [-0.25, -0.2) is 0 Å². The molecular formula is C15H27NO. The number of unbranched alkanes of at least 4 members (excludes halogenated alkanes) is 3. The number of allylic oxidation sites excluding steroid dienone is 1. The van der Waals surface area contributed by atoms with Crippen LogP contribution in [0.1, 0.15) is 64.2 Å². The van der Waals surface area contributed by atoms with Crippen molar-refractivity contribution in [3.8, 4) is 0 Å². The molecule has 2 atom stereocenters. The molecule has 0 spiro atoms. The first-order chi connectivity index (χ1) is 8.22. The number of rotatable bonds is 6. The molecule has 2 heteroatoms. The summed E-state index contributed by atoms with van der Waals surface area (Å²) in [6.45, 7) is 3.74. The van der Waals surface area contributed by atoms with Crippen LogP contribution < -0.4 is 5.32 Å². The molecule has 2 nitrogen and oxygen atoms in total. The Kier molecular flexibility index (Phi) is 4.63. The summed E-state index contributed by atoms with van der Waals surface area (Å²) in [5, 5.41) is 14.3. The van der Waals surface area contributed by atoms with Crippen molar-refractivity contribution in [1.82, 2.24) is 5.32 Å². The van der Waals surface area contributed by atoms with Gasteiger partial charge in [0.15, 0.2) is 0 Å². The maximum absolute atomic E-state index is 10.7. The lowest BCUT2D eigenvalue weighted by Crippen LogP contribution is -2.55. The first-order valence-corrected chi connectivity index (χ1v) is 7.31. The molecule has 2 rings (SSSR count). The van der Waals surface area contributed by atoms with Crippen molar-refractivity contribution in [3.63, 3.8) is 0 Å². The molecule has 2 bridgehead atoms. The van der Waals surface area contributed by atoms with Gasteiger partial charge in [-0.3, -0.25) is 0 Å². The molecule has 2 saturated heterocycles. The van der Waals surface area contributed by atoms with Gasteiger partial charge < -0.3 is 10.4 Å². The molecule has 0 aliphatic carbocycles. The minimum atomic E-state index is -0.366. The summed E-state index contributed by atoms with van der Waals surface area (Å²) < 4.78 is 0. The second-order valence-electron chi connectivity index (χ2n) is 6.01. The lowest BCUT2D eigenvalue weighted by Gasteiger charge is -2.45. The molecule has 2 aliphatic rings. The predicted molar refractivity (Wildman–Crippen MR) is 72.0 cm³/mol. The Morgan fingerprint density at radius 3 is 2.53 bits per heavy atom. The van der Waals surface area contributed by atoms with Crippen molar-refractivity contribution in [1.29, 1.82) is 0 Å². The van der Waals surface area contributed by atoms with Gasteiger partial charge in [0.1, 0.15) is 0 Å². The number of hydrogen-bond donors (Lipinski definition) is 2. The second-order valence-corrected chi connectivity index (χ2v) is 6.01. The number of piperidine rings is 2. The Hall–Kier alpha value is -0.340. The molecule has 0 aromatic carbocycles. The summed E-state index contributed by atoms with van der Waals surface area (Å²) in [7, 11) is 0. The van der Waals surface area contributed by atoms with E-state index in [4.69, 9.17) is 0 Å². The molecule has 0 aromatic rings. The SMILES string of the molecule is C=CCCCCCC1(O)CC2CCCC(C1)N2. The van der Waals surface area contributed by atoms with Crippen LogP contribution in [0.3, 0.4) is 0 Å². The highest BCUT2D eigenvalue weighted by molar-refractivity contribution is 4.97. The Morgan fingerprint density at radius 1 is 1.18 bits per heavy atom. The predicted octanol–water partition coefficient (Wildman–Crippen LogP) is 3.16. The van der Waals surface area contributed by atoms with E-state index in [0.717, 1.165) is 25.7 Å². The van der Waals surface area contributed by atoms with Gasteiger partial charge in [-0.15, -0.1) is 6.58 Å². The molecule has 2 fully saturated rings. The molecular weight excluding hydrogens is 210 g/mol. The Bertz CT molecular complexity index is 239. The van der Waals surface area contributed by atoms with Gasteiger partial charge in [-0.1, -0.05) is 25.3 Å². The van der Waals surface area contributed by atoms with Crippen LogP contribution in [0.15, 0.2) is 12.7 Å². The third-order valence-electron chi connectivity index (χ3n) is 4.38. The zero-order chi connectivity index (χ0) is 12.1. The molecule has 2 N–H and O–H groups in total. The molecule has 0 aromatic heterocycles. The van der Waals surface area contributed by atoms with E-state index >= 15 is 0 Å². The normalized spacial score (nSPS) is 36.8. The zero-order valence-electron chi connectivity index (χ0n) is 11.0. The van der Waals surface area contributed by atoms with E-state index in [2.05, 4.69) is 11.9 Å². The quantitative estimate of drug-likeness (QED) is 0.549. The van der Waals surface area contributed by atoms with E-state index < -0.39 is 0 Å².